The van der Waals surface area contributed by atoms with Gasteiger partial charge in [0.1, 0.15) is 11.0 Å². The second-order valence-corrected chi connectivity index (χ2v) is 11.5. The highest BCUT2D eigenvalue weighted by atomic mass is 35.5. The van der Waals surface area contributed by atoms with Crippen LogP contribution in [0.4, 0.5) is 19.0 Å². The van der Waals surface area contributed by atoms with Crippen molar-refractivity contribution < 1.29 is 22.8 Å². The molecule has 0 radical (unpaired) electrons. The molecule has 1 aliphatic carbocycles. The lowest BCUT2D eigenvalue weighted by Gasteiger charge is -2.40. The number of piperazine rings is 1. The fourth-order valence-electron chi connectivity index (χ4n) is 5.16. The van der Waals surface area contributed by atoms with Crippen molar-refractivity contribution in [1.82, 2.24) is 20.2 Å². The summed E-state index contributed by atoms with van der Waals surface area (Å²) < 4.78 is 38.7. The standard InChI is InChI=1S/C27H33ClF3N5O2S/c1-18-16-35(11-12-36(18)25(38)10-9-19-5-2-3-6-19)23-14-22(28)33-26(34-23)39-17-24(37)32-15-20-7-4-8-21(13-20)27(29,30)31/h4,7-8,13-14,18-19H,2-3,5-6,9-12,15-17H2,1H3,(H,32,37). The minimum absolute atomic E-state index is 0.0155. The number of nitrogens with one attached hydrogen (secondary N) is 1. The Morgan fingerprint density at radius 1 is 1.15 bits per heavy atom. The van der Waals surface area contributed by atoms with Crippen LogP contribution in [0.1, 0.15) is 56.6 Å². The third-order valence-electron chi connectivity index (χ3n) is 7.25. The van der Waals surface area contributed by atoms with Crippen molar-refractivity contribution in [3.63, 3.8) is 0 Å². The Hall–Kier alpha value is -2.53. The van der Waals surface area contributed by atoms with Gasteiger partial charge in [-0.05, 0) is 37.0 Å². The van der Waals surface area contributed by atoms with Crippen LogP contribution >= 0.6 is 23.4 Å². The van der Waals surface area contributed by atoms with Crippen LogP contribution in [-0.2, 0) is 22.3 Å². The molecular weight excluding hydrogens is 551 g/mol. The maximum Gasteiger partial charge on any atom is 0.416 e. The molecule has 1 aliphatic heterocycles. The fraction of sp³-hybridized carbons (Fsp3) is 0.556. The molecule has 2 aromatic rings. The summed E-state index contributed by atoms with van der Waals surface area (Å²) in [6.45, 7) is 3.85. The maximum atomic E-state index is 12.9. The topological polar surface area (TPSA) is 78.4 Å². The van der Waals surface area contributed by atoms with Gasteiger partial charge in [0.15, 0.2) is 5.16 Å². The first-order valence-corrected chi connectivity index (χ1v) is 14.6. The number of carbonyl (C=O) groups is 2. The molecule has 1 N–H and O–H groups in total. The predicted molar refractivity (Wildman–Crippen MR) is 146 cm³/mol. The molecule has 2 aliphatic rings. The van der Waals surface area contributed by atoms with E-state index < -0.39 is 11.7 Å². The molecular formula is C27H33ClF3N5O2S. The van der Waals surface area contributed by atoms with Gasteiger partial charge < -0.3 is 15.1 Å². The van der Waals surface area contributed by atoms with E-state index in [1.165, 1.54) is 37.8 Å². The van der Waals surface area contributed by atoms with Crippen molar-refractivity contribution in [3.05, 3.63) is 46.6 Å². The van der Waals surface area contributed by atoms with E-state index in [2.05, 4.69) is 20.2 Å². The highest BCUT2D eigenvalue weighted by Crippen LogP contribution is 2.30. The van der Waals surface area contributed by atoms with Crippen LogP contribution in [0.15, 0.2) is 35.5 Å². The lowest BCUT2D eigenvalue weighted by atomic mass is 10.0. The number of hydrogen-bond acceptors (Lipinski definition) is 6. The van der Waals surface area contributed by atoms with Crippen LogP contribution in [0, 0.1) is 5.92 Å². The molecule has 2 amide bonds. The van der Waals surface area contributed by atoms with Crippen molar-refractivity contribution in [2.24, 2.45) is 5.92 Å². The largest absolute Gasteiger partial charge is 0.416 e. The van der Waals surface area contributed by atoms with Crippen molar-refractivity contribution in [2.75, 3.05) is 30.3 Å². The van der Waals surface area contributed by atoms with Gasteiger partial charge in [-0.2, -0.15) is 13.2 Å². The molecule has 12 heteroatoms. The molecule has 2 heterocycles. The smallest absolute Gasteiger partial charge is 0.353 e. The molecule has 1 aromatic carbocycles. The van der Waals surface area contributed by atoms with Gasteiger partial charge in [-0.25, -0.2) is 9.97 Å². The summed E-state index contributed by atoms with van der Waals surface area (Å²) in [7, 11) is 0. The first-order chi connectivity index (χ1) is 18.6. The monoisotopic (exact) mass is 583 g/mol. The quantitative estimate of drug-likeness (QED) is 0.236. The van der Waals surface area contributed by atoms with Gasteiger partial charge in [-0.15, -0.1) is 0 Å². The number of hydrogen-bond donors (Lipinski definition) is 1. The van der Waals surface area contributed by atoms with E-state index in [4.69, 9.17) is 11.6 Å². The molecule has 1 atom stereocenters. The maximum absolute atomic E-state index is 12.9. The Bertz CT molecular complexity index is 1160. The first-order valence-electron chi connectivity index (χ1n) is 13.2. The number of carbonyl (C=O) groups excluding carboxylic acids is 2. The number of benzene rings is 1. The zero-order valence-electron chi connectivity index (χ0n) is 21.8. The van der Waals surface area contributed by atoms with Gasteiger partial charge in [0.25, 0.3) is 0 Å². The lowest BCUT2D eigenvalue weighted by Crippen LogP contribution is -2.54. The molecule has 212 valence electrons. The van der Waals surface area contributed by atoms with Gasteiger partial charge in [-0.3, -0.25) is 9.59 Å². The van der Waals surface area contributed by atoms with Crippen molar-refractivity contribution in [3.8, 4) is 0 Å². The average Bonchev–Trinajstić information content (AvgIpc) is 3.42. The number of amides is 2. The van der Waals surface area contributed by atoms with E-state index in [-0.39, 0.29) is 35.3 Å². The van der Waals surface area contributed by atoms with E-state index in [1.54, 1.807) is 6.07 Å². The number of thioether (sulfide) groups is 1. The Kier molecular flexibility index (Phi) is 9.98. The summed E-state index contributed by atoms with van der Waals surface area (Å²) in [6.07, 6.45) is 2.17. The summed E-state index contributed by atoms with van der Waals surface area (Å²) in [5.41, 5.74) is -0.401. The number of rotatable bonds is 9. The van der Waals surface area contributed by atoms with Crippen molar-refractivity contribution in [2.45, 2.75) is 69.4 Å². The lowest BCUT2D eigenvalue weighted by molar-refractivity contribution is -0.137. The van der Waals surface area contributed by atoms with Gasteiger partial charge in [-0.1, -0.05) is 61.2 Å². The zero-order chi connectivity index (χ0) is 28.0. The van der Waals surface area contributed by atoms with E-state index in [9.17, 15) is 22.8 Å². The van der Waals surface area contributed by atoms with E-state index >= 15 is 0 Å². The molecule has 1 unspecified atom stereocenters. The van der Waals surface area contributed by atoms with Gasteiger partial charge in [0.05, 0.1) is 11.3 Å². The van der Waals surface area contributed by atoms with Crippen LogP contribution in [0.2, 0.25) is 5.15 Å². The summed E-state index contributed by atoms with van der Waals surface area (Å²) in [4.78, 5) is 38.0. The van der Waals surface area contributed by atoms with Gasteiger partial charge in [0, 0.05) is 44.7 Å². The van der Waals surface area contributed by atoms with E-state index in [1.807, 2.05) is 11.8 Å². The predicted octanol–water partition coefficient (Wildman–Crippen LogP) is 5.56. The molecule has 0 spiro atoms. The fourth-order valence-corrected chi connectivity index (χ4v) is 6.07. The molecule has 1 aromatic heterocycles. The van der Waals surface area contributed by atoms with Crippen LogP contribution in [0.3, 0.4) is 0 Å². The number of alkyl halides is 3. The van der Waals surface area contributed by atoms with Crippen LogP contribution < -0.4 is 10.2 Å². The number of halogens is 4. The van der Waals surface area contributed by atoms with Crippen LogP contribution in [0.5, 0.6) is 0 Å². The Morgan fingerprint density at radius 2 is 1.92 bits per heavy atom. The highest BCUT2D eigenvalue weighted by Gasteiger charge is 2.31. The second-order valence-electron chi connectivity index (χ2n) is 10.2. The Balaban J connectivity index is 1.27. The van der Waals surface area contributed by atoms with Crippen molar-refractivity contribution >= 4 is 41.0 Å². The number of nitrogens with zero attached hydrogens (tertiary/aromatic N) is 4. The van der Waals surface area contributed by atoms with Gasteiger partial charge in [0.2, 0.25) is 11.8 Å². The van der Waals surface area contributed by atoms with Gasteiger partial charge >= 0.3 is 6.18 Å². The molecule has 39 heavy (non-hydrogen) atoms. The summed E-state index contributed by atoms with van der Waals surface area (Å²) in [5, 5.41) is 3.20. The molecule has 7 nitrogen and oxygen atoms in total. The number of aromatic nitrogens is 2. The third-order valence-corrected chi connectivity index (χ3v) is 8.29. The highest BCUT2D eigenvalue weighted by molar-refractivity contribution is 7.99. The SMILES string of the molecule is CC1CN(c2cc(Cl)nc(SCC(=O)NCc3cccc(C(F)(F)F)c3)n2)CCN1C(=O)CCC1CCCC1. The van der Waals surface area contributed by atoms with E-state index in [0.29, 0.717) is 48.5 Å². The minimum atomic E-state index is -4.44. The van der Waals surface area contributed by atoms with Crippen LogP contribution in [-0.4, -0.2) is 58.1 Å². The summed E-state index contributed by atoms with van der Waals surface area (Å²) in [6, 6.07) is 6.55. The molecule has 2 fully saturated rings. The average molecular weight is 584 g/mol. The first kappa shape index (κ1) is 29.5. The van der Waals surface area contributed by atoms with Crippen LogP contribution in [0.25, 0.3) is 0 Å². The molecule has 1 saturated heterocycles. The number of anilines is 1. The normalized spacial score (nSPS) is 18.4. The molecule has 1 saturated carbocycles. The second kappa shape index (κ2) is 13.2. The Labute approximate surface area is 235 Å². The molecule has 0 bridgehead atoms. The third kappa shape index (κ3) is 8.48. The summed E-state index contributed by atoms with van der Waals surface area (Å²) >= 11 is 7.35. The molecule has 4 rings (SSSR count). The van der Waals surface area contributed by atoms with Crippen molar-refractivity contribution in [1.29, 1.82) is 0 Å². The zero-order valence-corrected chi connectivity index (χ0v) is 23.4. The van der Waals surface area contributed by atoms with E-state index in [0.717, 1.165) is 30.3 Å². The Morgan fingerprint density at radius 3 is 2.64 bits per heavy atom. The summed E-state index contributed by atoms with van der Waals surface area (Å²) in [5.74, 6) is 1.15. The minimum Gasteiger partial charge on any atom is -0.353 e.